The number of nitrogens with one attached hydrogen (secondary N) is 2. The molecule has 1 aliphatic carbocycles. The fraction of sp³-hybridized carbons (Fsp3) is 0.326. The fourth-order valence-electron chi connectivity index (χ4n) is 6.55. The highest BCUT2D eigenvalue weighted by molar-refractivity contribution is 6.30. The first-order valence-electron chi connectivity index (χ1n) is 17.1. The van der Waals surface area contributed by atoms with Crippen LogP contribution >= 0.6 is 11.6 Å². The van der Waals surface area contributed by atoms with Gasteiger partial charge in [0, 0.05) is 16.3 Å². The minimum atomic E-state index is -0.414. The molecular weight excluding hydrogens is 612 g/mol. The Morgan fingerprint density at radius 1 is 0.917 bits per heavy atom. The highest BCUT2D eigenvalue weighted by atomic mass is 35.5. The molecule has 4 aromatic carbocycles. The number of rotatable bonds is 11. The van der Waals surface area contributed by atoms with E-state index in [-0.39, 0.29) is 11.8 Å². The Hall–Kier alpha value is -4.28. The summed E-state index contributed by atoms with van der Waals surface area (Å²) >= 11 is 6.17. The van der Waals surface area contributed by atoms with Gasteiger partial charge < -0.3 is 10.6 Å². The van der Waals surface area contributed by atoms with Gasteiger partial charge >= 0.3 is 0 Å². The zero-order chi connectivity index (χ0) is 34.3. The predicted octanol–water partition coefficient (Wildman–Crippen LogP) is 10.9. The molecule has 248 valence electrons. The number of amides is 2. The van der Waals surface area contributed by atoms with Crippen molar-refractivity contribution >= 4 is 34.7 Å². The number of aryl methyl sites for hydroxylation is 1. The Morgan fingerprint density at radius 2 is 1.60 bits per heavy atom. The zero-order valence-corrected chi connectivity index (χ0v) is 29.7. The van der Waals surface area contributed by atoms with Gasteiger partial charge in [-0.05, 0) is 119 Å². The minimum Gasteiger partial charge on any atom is -0.348 e. The topological polar surface area (TPSA) is 58.2 Å². The summed E-state index contributed by atoms with van der Waals surface area (Å²) in [7, 11) is 0. The van der Waals surface area contributed by atoms with Gasteiger partial charge in [-0.2, -0.15) is 0 Å². The monoisotopic (exact) mass is 659 g/mol. The smallest absolute Gasteiger partial charge is 0.251 e. The maximum atomic E-state index is 14.0. The Kier molecular flexibility index (Phi) is 11.5. The first-order valence-corrected chi connectivity index (χ1v) is 17.5. The largest absolute Gasteiger partial charge is 0.348 e. The van der Waals surface area contributed by atoms with Crippen molar-refractivity contribution in [2.75, 3.05) is 11.9 Å². The maximum absolute atomic E-state index is 14.0. The number of unbranched alkanes of at least 4 members (excludes halogenated alkanes) is 1. The third-order valence-corrected chi connectivity index (χ3v) is 9.90. The van der Waals surface area contributed by atoms with Crippen LogP contribution in [0.15, 0.2) is 97.1 Å². The van der Waals surface area contributed by atoms with E-state index in [2.05, 4.69) is 61.7 Å². The molecule has 4 nitrogen and oxygen atoms in total. The van der Waals surface area contributed by atoms with Crippen molar-refractivity contribution in [3.05, 3.63) is 136 Å². The number of hydrogen-bond acceptors (Lipinski definition) is 2. The number of carbonyl (C=O) groups is 2. The quantitative estimate of drug-likeness (QED) is 0.124. The molecule has 0 aliphatic heterocycles. The molecule has 0 saturated heterocycles. The van der Waals surface area contributed by atoms with Gasteiger partial charge in [0.05, 0.1) is 25.8 Å². The van der Waals surface area contributed by atoms with E-state index in [4.69, 9.17) is 11.6 Å². The van der Waals surface area contributed by atoms with Gasteiger partial charge in [0.25, 0.3) is 5.91 Å². The SMILES string of the molecule is C[CH+]CCNC(=O)c1ccc(CC(C(=O)Nc2ccc(-c3ccc(Cl)cc3C)cc2)c2ccc(C3=CCC(C(C)(C)C)CC3)cc2)cc1. The number of carbonyl (C=O) groups excluding carboxylic acids is 2. The van der Waals surface area contributed by atoms with E-state index < -0.39 is 5.92 Å². The Labute approximate surface area is 292 Å². The lowest BCUT2D eigenvalue weighted by atomic mass is 9.72. The van der Waals surface area contributed by atoms with Gasteiger partial charge in [-0.1, -0.05) is 93.0 Å². The Balaban J connectivity index is 1.35. The van der Waals surface area contributed by atoms with Crippen molar-refractivity contribution < 1.29 is 9.59 Å². The van der Waals surface area contributed by atoms with Gasteiger partial charge in [0.2, 0.25) is 5.91 Å². The van der Waals surface area contributed by atoms with E-state index in [0.29, 0.717) is 34.9 Å². The van der Waals surface area contributed by atoms with Crippen LogP contribution in [0.5, 0.6) is 0 Å². The van der Waals surface area contributed by atoms with Crippen molar-refractivity contribution in [3.63, 3.8) is 0 Å². The van der Waals surface area contributed by atoms with E-state index in [0.717, 1.165) is 52.8 Å². The summed E-state index contributed by atoms with van der Waals surface area (Å²) < 4.78 is 0. The summed E-state index contributed by atoms with van der Waals surface area (Å²) in [5.74, 6) is 0.130. The van der Waals surface area contributed by atoms with Crippen LogP contribution in [-0.2, 0) is 11.2 Å². The van der Waals surface area contributed by atoms with Crippen LogP contribution in [0.2, 0.25) is 5.02 Å². The molecule has 0 radical (unpaired) electrons. The molecule has 2 amide bonds. The molecule has 1 aliphatic rings. The van der Waals surface area contributed by atoms with Crippen molar-refractivity contribution in [2.24, 2.45) is 11.3 Å². The zero-order valence-electron chi connectivity index (χ0n) is 28.9. The summed E-state index contributed by atoms with van der Waals surface area (Å²) in [6.07, 6.45) is 9.16. The molecule has 2 N–H and O–H groups in total. The summed E-state index contributed by atoms with van der Waals surface area (Å²) in [5.41, 5.74) is 9.54. The number of halogens is 1. The molecule has 0 aromatic heterocycles. The fourth-order valence-corrected chi connectivity index (χ4v) is 6.77. The highest BCUT2D eigenvalue weighted by Crippen LogP contribution is 2.40. The van der Waals surface area contributed by atoms with Crippen molar-refractivity contribution in [2.45, 2.75) is 72.6 Å². The molecule has 0 heterocycles. The lowest BCUT2D eigenvalue weighted by Gasteiger charge is -2.33. The number of benzene rings is 4. The van der Waals surface area contributed by atoms with Gasteiger partial charge in [0.15, 0.2) is 0 Å². The summed E-state index contributed by atoms with van der Waals surface area (Å²) in [6, 6.07) is 30.0. The second kappa shape index (κ2) is 15.7. The normalized spacial score (nSPS) is 15.3. The van der Waals surface area contributed by atoms with Crippen LogP contribution in [0.3, 0.4) is 0 Å². The second-order valence-electron chi connectivity index (χ2n) is 14.1. The highest BCUT2D eigenvalue weighted by Gasteiger charge is 2.27. The van der Waals surface area contributed by atoms with Gasteiger partial charge in [-0.25, -0.2) is 0 Å². The van der Waals surface area contributed by atoms with Crippen LogP contribution in [0, 0.1) is 24.7 Å². The molecule has 2 atom stereocenters. The third kappa shape index (κ3) is 8.99. The minimum absolute atomic E-state index is 0.0688. The average Bonchev–Trinajstić information content (AvgIpc) is 3.08. The molecule has 5 rings (SSSR count). The first kappa shape index (κ1) is 35.0. The molecule has 2 unspecified atom stereocenters. The van der Waals surface area contributed by atoms with Crippen LogP contribution in [0.25, 0.3) is 16.7 Å². The molecular formula is C43H48ClN2O2+. The van der Waals surface area contributed by atoms with Crippen LogP contribution in [0.1, 0.15) is 91.9 Å². The Bertz CT molecular complexity index is 1730. The van der Waals surface area contributed by atoms with E-state index in [1.165, 1.54) is 17.6 Å². The first-order chi connectivity index (χ1) is 23.0. The van der Waals surface area contributed by atoms with E-state index in [1.54, 1.807) is 0 Å². The molecule has 0 fully saturated rings. The van der Waals surface area contributed by atoms with Crippen molar-refractivity contribution in [1.29, 1.82) is 0 Å². The maximum Gasteiger partial charge on any atom is 0.251 e. The number of anilines is 1. The standard InChI is InChI=1S/C43H47ClN2O2/c1-6-7-26-45-41(47)35-10-8-30(9-11-35)28-40(34-14-12-31(13-15-34)32-16-20-36(21-17-32)43(3,4)5)42(48)46-38-23-18-33(19-24-38)39-25-22-37(44)27-29(39)2/h6,8-16,18-19,22-25,27,36,40H,7,17,20-21,26,28H2,1-5H3,(H-,45,46,47,48)/p+1. The predicted molar refractivity (Wildman–Crippen MR) is 201 cm³/mol. The molecule has 48 heavy (non-hydrogen) atoms. The molecule has 0 bridgehead atoms. The second-order valence-corrected chi connectivity index (χ2v) is 14.6. The molecule has 4 aromatic rings. The van der Waals surface area contributed by atoms with Gasteiger partial charge in [0.1, 0.15) is 6.42 Å². The Morgan fingerprint density at radius 3 is 2.21 bits per heavy atom. The molecule has 0 saturated carbocycles. The van der Waals surface area contributed by atoms with Crippen LogP contribution in [0.4, 0.5) is 5.69 Å². The van der Waals surface area contributed by atoms with Gasteiger partial charge in [-0.15, -0.1) is 0 Å². The van der Waals surface area contributed by atoms with Gasteiger partial charge in [-0.3, -0.25) is 9.59 Å². The van der Waals surface area contributed by atoms with E-state index in [9.17, 15) is 9.59 Å². The van der Waals surface area contributed by atoms with Crippen molar-refractivity contribution in [3.8, 4) is 11.1 Å². The van der Waals surface area contributed by atoms with Crippen molar-refractivity contribution in [1.82, 2.24) is 5.32 Å². The summed E-state index contributed by atoms with van der Waals surface area (Å²) in [6.45, 7) is 11.6. The number of allylic oxidation sites excluding steroid dienone is 2. The van der Waals surface area contributed by atoms with Crippen LogP contribution in [-0.4, -0.2) is 18.4 Å². The summed E-state index contributed by atoms with van der Waals surface area (Å²) in [4.78, 5) is 26.6. The molecule has 5 heteroatoms. The third-order valence-electron chi connectivity index (χ3n) is 9.66. The molecule has 0 spiro atoms. The average molecular weight is 660 g/mol. The summed E-state index contributed by atoms with van der Waals surface area (Å²) in [5, 5.41) is 6.84. The van der Waals surface area contributed by atoms with E-state index >= 15 is 0 Å². The van der Waals surface area contributed by atoms with Crippen LogP contribution < -0.4 is 10.6 Å². The lowest BCUT2D eigenvalue weighted by molar-refractivity contribution is -0.117. The number of hydrogen-bond donors (Lipinski definition) is 2. The van der Waals surface area contributed by atoms with E-state index in [1.807, 2.05) is 87.0 Å². The lowest BCUT2D eigenvalue weighted by Crippen LogP contribution is -2.24.